The molecule has 2 heterocycles. The highest BCUT2D eigenvalue weighted by molar-refractivity contribution is 7.12. The molecule has 2 aromatic rings. The molecule has 2 aromatic heterocycles. The van der Waals surface area contributed by atoms with E-state index in [9.17, 15) is 4.79 Å². The van der Waals surface area contributed by atoms with E-state index in [1.807, 2.05) is 19.1 Å². The van der Waals surface area contributed by atoms with Gasteiger partial charge in [0.1, 0.15) is 5.15 Å². The van der Waals surface area contributed by atoms with E-state index in [4.69, 9.17) is 23.2 Å². The van der Waals surface area contributed by atoms with E-state index in [0.29, 0.717) is 23.3 Å². The van der Waals surface area contributed by atoms with Gasteiger partial charge in [0.25, 0.3) is 0 Å². The maximum Gasteiger partial charge on any atom is 0.310 e. The summed E-state index contributed by atoms with van der Waals surface area (Å²) in [6, 6.07) is 5.66. The van der Waals surface area contributed by atoms with Crippen molar-refractivity contribution in [3.8, 4) is 0 Å². The number of aromatic nitrogens is 1. The van der Waals surface area contributed by atoms with Crippen molar-refractivity contribution in [2.24, 2.45) is 0 Å². The van der Waals surface area contributed by atoms with Crippen molar-refractivity contribution >= 4 is 46.2 Å². The molecule has 0 unspecified atom stereocenters. The second-order valence-electron chi connectivity index (χ2n) is 4.40. The second kappa shape index (κ2) is 7.11. The largest absolute Gasteiger partial charge is 0.469 e. The standard InChI is InChI=1S/C14H14Cl2N2O2S/c1-8-5-11(15)18-14(16)13(8)17-7-10-4-3-9(21-10)6-12(19)20-2/h3-5,17H,6-7H2,1-2H3. The minimum absolute atomic E-state index is 0.239. The van der Waals surface area contributed by atoms with Crippen LogP contribution in [-0.4, -0.2) is 18.1 Å². The molecule has 0 saturated heterocycles. The number of nitrogens with zero attached hydrogens (tertiary/aromatic N) is 1. The molecule has 0 aliphatic rings. The van der Waals surface area contributed by atoms with Gasteiger partial charge in [0.15, 0.2) is 5.15 Å². The SMILES string of the molecule is COC(=O)Cc1ccc(CNc2c(C)cc(Cl)nc2Cl)s1. The Morgan fingerprint density at radius 2 is 2.10 bits per heavy atom. The number of rotatable bonds is 5. The third-order valence-corrected chi connectivity index (χ3v) is 4.40. The zero-order valence-electron chi connectivity index (χ0n) is 11.6. The molecular weight excluding hydrogens is 331 g/mol. The Kier molecular flexibility index (Phi) is 5.45. The predicted molar refractivity (Wildman–Crippen MR) is 86.4 cm³/mol. The first kappa shape index (κ1) is 16.1. The average Bonchev–Trinajstić information content (AvgIpc) is 2.85. The molecule has 0 bridgehead atoms. The Bertz CT molecular complexity index is 635. The number of hydrogen-bond acceptors (Lipinski definition) is 5. The van der Waals surface area contributed by atoms with Crippen molar-refractivity contribution in [1.29, 1.82) is 0 Å². The molecule has 0 aromatic carbocycles. The van der Waals surface area contributed by atoms with Gasteiger partial charge in [-0.25, -0.2) is 4.98 Å². The lowest BCUT2D eigenvalue weighted by Gasteiger charge is -2.10. The van der Waals surface area contributed by atoms with Crippen LogP contribution in [-0.2, 0) is 22.5 Å². The fraction of sp³-hybridized carbons (Fsp3) is 0.286. The number of pyridine rings is 1. The van der Waals surface area contributed by atoms with E-state index in [1.54, 1.807) is 17.4 Å². The van der Waals surface area contributed by atoms with Gasteiger partial charge in [0, 0.05) is 16.3 Å². The first-order valence-electron chi connectivity index (χ1n) is 6.20. The predicted octanol–water partition coefficient (Wildman–Crippen LogP) is 4.09. The molecule has 0 atom stereocenters. The van der Waals surface area contributed by atoms with Gasteiger partial charge in [-0.3, -0.25) is 4.79 Å². The molecule has 1 N–H and O–H groups in total. The van der Waals surface area contributed by atoms with Crippen LogP contribution in [0.2, 0.25) is 10.3 Å². The van der Waals surface area contributed by atoms with E-state index >= 15 is 0 Å². The number of anilines is 1. The Balaban J connectivity index is 2.02. The fourth-order valence-corrected chi connectivity index (χ4v) is 3.35. The van der Waals surface area contributed by atoms with Gasteiger partial charge in [0.2, 0.25) is 0 Å². The van der Waals surface area contributed by atoms with Crippen LogP contribution in [0.4, 0.5) is 5.69 Å². The van der Waals surface area contributed by atoms with E-state index in [-0.39, 0.29) is 5.97 Å². The van der Waals surface area contributed by atoms with Crippen LogP contribution in [0.3, 0.4) is 0 Å². The first-order chi connectivity index (χ1) is 9.99. The monoisotopic (exact) mass is 344 g/mol. The summed E-state index contributed by atoms with van der Waals surface area (Å²) in [6.45, 7) is 2.52. The lowest BCUT2D eigenvalue weighted by molar-refractivity contribution is -0.139. The molecule has 0 amide bonds. The Morgan fingerprint density at radius 3 is 2.76 bits per heavy atom. The summed E-state index contributed by atoms with van der Waals surface area (Å²) in [5.41, 5.74) is 1.70. The van der Waals surface area contributed by atoms with Gasteiger partial charge in [-0.2, -0.15) is 0 Å². The van der Waals surface area contributed by atoms with Crippen LogP contribution in [0.1, 0.15) is 15.3 Å². The number of aryl methyl sites for hydroxylation is 1. The summed E-state index contributed by atoms with van der Waals surface area (Å²) in [5.74, 6) is -0.239. The number of halogens is 2. The number of hydrogen-bond donors (Lipinski definition) is 1. The Labute approximate surface area is 137 Å². The third-order valence-electron chi connectivity index (χ3n) is 2.84. The first-order valence-corrected chi connectivity index (χ1v) is 7.77. The van der Waals surface area contributed by atoms with Crippen molar-refractivity contribution in [2.75, 3.05) is 12.4 Å². The number of esters is 1. The second-order valence-corrected chi connectivity index (χ2v) is 6.40. The molecule has 4 nitrogen and oxygen atoms in total. The third kappa shape index (κ3) is 4.33. The number of carbonyl (C=O) groups excluding carboxylic acids is 1. The van der Waals surface area contributed by atoms with Crippen LogP contribution < -0.4 is 5.32 Å². The van der Waals surface area contributed by atoms with Gasteiger partial charge < -0.3 is 10.1 Å². The summed E-state index contributed by atoms with van der Waals surface area (Å²) in [5, 5.41) is 3.97. The zero-order chi connectivity index (χ0) is 15.4. The molecule has 0 saturated carbocycles. The number of ether oxygens (including phenoxy) is 1. The van der Waals surface area contributed by atoms with E-state index in [0.717, 1.165) is 21.0 Å². The van der Waals surface area contributed by atoms with Crippen molar-refractivity contribution in [3.63, 3.8) is 0 Å². The summed E-state index contributed by atoms with van der Waals surface area (Å²) in [7, 11) is 1.39. The summed E-state index contributed by atoms with van der Waals surface area (Å²) < 4.78 is 4.65. The molecule has 0 aliphatic heterocycles. The molecular formula is C14H14Cl2N2O2S. The molecule has 0 fully saturated rings. The minimum atomic E-state index is -0.239. The van der Waals surface area contributed by atoms with Gasteiger partial charge in [-0.15, -0.1) is 11.3 Å². The highest BCUT2D eigenvalue weighted by Crippen LogP contribution is 2.27. The van der Waals surface area contributed by atoms with Crippen molar-refractivity contribution < 1.29 is 9.53 Å². The van der Waals surface area contributed by atoms with Gasteiger partial charge in [0.05, 0.1) is 19.2 Å². The maximum atomic E-state index is 11.2. The van der Waals surface area contributed by atoms with Crippen molar-refractivity contribution in [2.45, 2.75) is 19.9 Å². The van der Waals surface area contributed by atoms with Crippen LogP contribution in [0.25, 0.3) is 0 Å². The molecule has 0 aliphatic carbocycles. The number of carbonyl (C=O) groups is 1. The lowest BCUT2D eigenvalue weighted by Crippen LogP contribution is -2.02. The molecule has 0 radical (unpaired) electrons. The Morgan fingerprint density at radius 1 is 1.38 bits per heavy atom. The topological polar surface area (TPSA) is 51.2 Å². The summed E-state index contributed by atoms with van der Waals surface area (Å²) >= 11 is 13.5. The average molecular weight is 345 g/mol. The fourth-order valence-electron chi connectivity index (χ4n) is 1.81. The smallest absolute Gasteiger partial charge is 0.310 e. The van der Waals surface area contributed by atoms with E-state index in [1.165, 1.54) is 7.11 Å². The van der Waals surface area contributed by atoms with Crippen molar-refractivity contribution in [3.05, 3.63) is 43.8 Å². The number of thiophene rings is 1. The van der Waals surface area contributed by atoms with Gasteiger partial charge in [-0.05, 0) is 30.7 Å². The molecule has 7 heteroatoms. The molecule has 2 rings (SSSR count). The number of methoxy groups -OCH3 is 1. The summed E-state index contributed by atoms with van der Waals surface area (Å²) in [4.78, 5) is 17.3. The molecule has 112 valence electrons. The molecule has 21 heavy (non-hydrogen) atoms. The van der Waals surface area contributed by atoms with E-state index < -0.39 is 0 Å². The zero-order valence-corrected chi connectivity index (χ0v) is 13.9. The van der Waals surface area contributed by atoms with Crippen LogP contribution in [0.5, 0.6) is 0 Å². The normalized spacial score (nSPS) is 10.5. The number of nitrogens with one attached hydrogen (secondary N) is 1. The van der Waals surface area contributed by atoms with Gasteiger partial charge in [-0.1, -0.05) is 23.2 Å². The quantitative estimate of drug-likeness (QED) is 0.655. The lowest BCUT2D eigenvalue weighted by atomic mass is 10.2. The maximum absolute atomic E-state index is 11.2. The highest BCUT2D eigenvalue weighted by Gasteiger charge is 2.09. The Hall–Kier alpha value is -1.30. The van der Waals surface area contributed by atoms with Crippen LogP contribution in [0.15, 0.2) is 18.2 Å². The van der Waals surface area contributed by atoms with E-state index in [2.05, 4.69) is 15.0 Å². The van der Waals surface area contributed by atoms with Crippen molar-refractivity contribution in [1.82, 2.24) is 4.98 Å². The minimum Gasteiger partial charge on any atom is -0.469 e. The highest BCUT2D eigenvalue weighted by atomic mass is 35.5. The van der Waals surface area contributed by atoms with Crippen LogP contribution >= 0.6 is 34.5 Å². The summed E-state index contributed by atoms with van der Waals surface area (Å²) in [6.07, 6.45) is 0.295. The van der Waals surface area contributed by atoms with Gasteiger partial charge >= 0.3 is 5.97 Å². The van der Waals surface area contributed by atoms with Crippen LogP contribution in [0, 0.1) is 6.92 Å². The molecule has 0 spiro atoms.